The monoisotopic (exact) mass is 347 g/mol. The summed E-state index contributed by atoms with van der Waals surface area (Å²) in [5.41, 5.74) is -0.198. The molecule has 0 radical (unpaired) electrons. The van der Waals surface area contributed by atoms with Crippen molar-refractivity contribution < 1.29 is 9.13 Å². The summed E-state index contributed by atoms with van der Waals surface area (Å²) in [7, 11) is 0. The van der Waals surface area contributed by atoms with Gasteiger partial charge in [-0.1, -0.05) is 25.6 Å². The van der Waals surface area contributed by atoms with Gasteiger partial charge in [0.05, 0.1) is 12.3 Å². The van der Waals surface area contributed by atoms with E-state index in [0.717, 1.165) is 6.42 Å². The second kappa shape index (κ2) is 7.97. The Balaban J connectivity index is 2.45. The number of aromatic nitrogens is 2. The standard InChI is InChI=1S/C17H18FN3O2S/c1-10(2)4-5-23-13-7-11(6-12(18)8-13)15-14(9-19)16(22)21-17(20-15)24-3/h6-8,10H,4-5H2,1-3H3,(H,20,21,22). The maximum atomic E-state index is 13.9. The smallest absolute Gasteiger partial charge is 0.270 e. The molecule has 0 aliphatic carbocycles. The Morgan fingerprint density at radius 1 is 1.42 bits per heavy atom. The van der Waals surface area contributed by atoms with Crippen LogP contribution in [0.5, 0.6) is 5.75 Å². The number of nitrogens with one attached hydrogen (secondary N) is 1. The number of ether oxygens (including phenoxy) is 1. The molecular weight excluding hydrogens is 329 g/mol. The van der Waals surface area contributed by atoms with Crippen LogP contribution in [0, 0.1) is 23.1 Å². The van der Waals surface area contributed by atoms with Gasteiger partial charge in [0.2, 0.25) is 0 Å². The van der Waals surface area contributed by atoms with E-state index in [4.69, 9.17) is 4.74 Å². The maximum Gasteiger partial charge on any atom is 0.270 e. The first-order chi connectivity index (χ1) is 11.4. The highest BCUT2D eigenvalue weighted by atomic mass is 32.2. The number of H-pyrrole nitrogens is 1. The number of hydrogen-bond acceptors (Lipinski definition) is 5. The summed E-state index contributed by atoms with van der Waals surface area (Å²) in [6.45, 7) is 4.61. The molecule has 1 aromatic heterocycles. The molecule has 2 aromatic rings. The van der Waals surface area contributed by atoms with Crippen LogP contribution in [0.3, 0.4) is 0 Å². The fraction of sp³-hybridized carbons (Fsp3) is 0.353. The molecule has 24 heavy (non-hydrogen) atoms. The van der Waals surface area contributed by atoms with Crippen molar-refractivity contribution in [2.24, 2.45) is 5.92 Å². The molecule has 126 valence electrons. The molecule has 0 spiro atoms. The number of benzene rings is 1. The summed E-state index contributed by atoms with van der Waals surface area (Å²) in [6, 6.07) is 5.94. The van der Waals surface area contributed by atoms with Crippen LogP contribution in [-0.4, -0.2) is 22.8 Å². The van der Waals surface area contributed by atoms with Gasteiger partial charge in [-0.3, -0.25) is 4.79 Å². The number of nitriles is 1. The lowest BCUT2D eigenvalue weighted by molar-refractivity contribution is 0.288. The second-order valence-corrected chi connectivity index (χ2v) is 6.41. The summed E-state index contributed by atoms with van der Waals surface area (Å²) >= 11 is 1.24. The molecule has 7 heteroatoms. The van der Waals surface area contributed by atoms with Crippen LogP contribution in [0.4, 0.5) is 4.39 Å². The number of aromatic amines is 1. The Morgan fingerprint density at radius 3 is 2.79 bits per heavy atom. The molecule has 0 fully saturated rings. The maximum absolute atomic E-state index is 13.9. The van der Waals surface area contributed by atoms with Gasteiger partial charge >= 0.3 is 0 Å². The normalized spacial score (nSPS) is 10.7. The van der Waals surface area contributed by atoms with Crippen molar-refractivity contribution in [2.75, 3.05) is 12.9 Å². The molecule has 0 atom stereocenters. The second-order valence-electron chi connectivity index (χ2n) is 5.62. The minimum atomic E-state index is -0.543. The zero-order valence-corrected chi connectivity index (χ0v) is 14.5. The minimum Gasteiger partial charge on any atom is -0.493 e. The highest BCUT2D eigenvalue weighted by Crippen LogP contribution is 2.27. The molecule has 1 aromatic carbocycles. The van der Waals surface area contributed by atoms with Crippen LogP contribution in [-0.2, 0) is 0 Å². The molecule has 1 N–H and O–H groups in total. The number of nitrogens with zero attached hydrogens (tertiary/aromatic N) is 2. The Kier molecular flexibility index (Phi) is 5.99. The molecule has 5 nitrogen and oxygen atoms in total. The first kappa shape index (κ1) is 18.0. The largest absolute Gasteiger partial charge is 0.493 e. The van der Waals surface area contributed by atoms with Crippen molar-refractivity contribution in [1.82, 2.24) is 9.97 Å². The van der Waals surface area contributed by atoms with Crippen molar-refractivity contribution >= 4 is 11.8 Å². The van der Waals surface area contributed by atoms with Crippen molar-refractivity contribution in [1.29, 1.82) is 5.26 Å². The van der Waals surface area contributed by atoms with E-state index in [1.54, 1.807) is 12.3 Å². The van der Waals surface area contributed by atoms with E-state index >= 15 is 0 Å². The first-order valence-electron chi connectivity index (χ1n) is 7.46. The summed E-state index contributed by atoms with van der Waals surface area (Å²) in [6.07, 6.45) is 2.59. The van der Waals surface area contributed by atoms with Crippen molar-refractivity contribution in [3.05, 3.63) is 39.9 Å². The molecule has 2 rings (SSSR count). The topological polar surface area (TPSA) is 78.8 Å². The van der Waals surface area contributed by atoms with Gasteiger partial charge in [0.25, 0.3) is 5.56 Å². The van der Waals surface area contributed by atoms with E-state index < -0.39 is 11.4 Å². The predicted octanol–water partition coefficient (Wildman–Crippen LogP) is 3.59. The van der Waals surface area contributed by atoms with Gasteiger partial charge in [0.15, 0.2) is 5.16 Å². The lowest BCUT2D eigenvalue weighted by Crippen LogP contribution is -2.14. The van der Waals surface area contributed by atoms with Crippen LogP contribution < -0.4 is 10.3 Å². The molecule has 0 amide bonds. The molecule has 1 heterocycles. The number of thioether (sulfide) groups is 1. The quantitative estimate of drug-likeness (QED) is 0.638. The number of rotatable bonds is 6. The van der Waals surface area contributed by atoms with Gasteiger partial charge in [-0.2, -0.15) is 5.26 Å². The highest BCUT2D eigenvalue weighted by molar-refractivity contribution is 7.98. The van der Waals surface area contributed by atoms with Crippen LogP contribution in [0.1, 0.15) is 25.8 Å². The van der Waals surface area contributed by atoms with E-state index in [1.165, 1.54) is 23.9 Å². The van der Waals surface area contributed by atoms with E-state index in [-0.39, 0.29) is 11.3 Å². The summed E-state index contributed by atoms with van der Waals surface area (Å²) < 4.78 is 19.5. The third kappa shape index (κ3) is 4.36. The first-order valence-corrected chi connectivity index (χ1v) is 8.69. The summed E-state index contributed by atoms with van der Waals surface area (Å²) in [4.78, 5) is 18.7. The van der Waals surface area contributed by atoms with E-state index in [9.17, 15) is 14.4 Å². The lowest BCUT2D eigenvalue weighted by Gasteiger charge is -2.11. The average Bonchev–Trinajstić information content (AvgIpc) is 2.53. The fourth-order valence-electron chi connectivity index (χ4n) is 2.06. The molecule has 0 aliphatic heterocycles. The zero-order valence-electron chi connectivity index (χ0n) is 13.7. The van der Waals surface area contributed by atoms with E-state index in [1.807, 2.05) is 6.07 Å². The van der Waals surface area contributed by atoms with Gasteiger partial charge in [0, 0.05) is 11.6 Å². The van der Waals surface area contributed by atoms with Crippen LogP contribution in [0.2, 0.25) is 0 Å². The van der Waals surface area contributed by atoms with Gasteiger partial charge in [-0.15, -0.1) is 0 Å². The van der Waals surface area contributed by atoms with Crippen molar-refractivity contribution in [2.45, 2.75) is 25.4 Å². The number of halogens is 1. The molecule has 0 saturated heterocycles. The third-order valence-corrected chi connectivity index (χ3v) is 3.89. The Labute approximate surface area is 143 Å². The Morgan fingerprint density at radius 2 is 2.17 bits per heavy atom. The average molecular weight is 347 g/mol. The molecule has 0 aliphatic rings. The minimum absolute atomic E-state index is 0.147. The fourth-order valence-corrected chi connectivity index (χ4v) is 2.43. The van der Waals surface area contributed by atoms with Gasteiger partial charge < -0.3 is 9.72 Å². The van der Waals surface area contributed by atoms with Crippen molar-refractivity contribution in [3.63, 3.8) is 0 Å². The summed E-state index contributed by atoms with van der Waals surface area (Å²) in [5.74, 6) is 0.313. The van der Waals surface area contributed by atoms with Gasteiger partial charge in [-0.05, 0) is 30.7 Å². The van der Waals surface area contributed by atoms with Gasteiger partial charge in [-0.25, -0.2) is 9.37 Å². The number of hydrogen-bond donors (Lipinski definition) is 1. The molecule has 0 unspecified atom stereocenters. The Hall–Kier alpha value is -2.33. The predicted molar refractivity (Wildman–Crippen MR) is 91.7 cm³/mol. The Bertz CT molecular complexity index is 828. The SMILES string of the molecule is CSc1nc(-c2cc(F)cc(OCCC(C)C)c2)c(C#N)c(=O)[nH]1. The van der Waals surface area contributed by atoms with Crippen LogP contribution >= 0.6 is 11.8 Å². The molecule has 0 bridgehead atoms. The lowest BCUT2D eigenvalue weighted by atomic mass is 10.1. The summed E-state index contributed by atoms with van der Waals surface area (Å²) in [5, 5.41) is 9.59. The zero-order chi connectivity index (χ0) is 17.7. The van der Waals surface area contributed by atoms with E-state index in [2.05, 4.69) is 23.8 Å². The third-order valence-electron chi connectivity index (χ3n) is 3.31. The molecule has 0 saturated carbocycles. The highest BCUT2D eigenvalue weighted by Gasteiger charge is 2.15. The van der Waals surface area contributed by atoms with Gasteiger partial charge in [0.1, 0.15) is 23.2 Å². The van der Waals surface area contributed by atoms with Crippen molar-refractivity contribution in [3.8, 4) is 23.1 Å². The molecular formula is C17H18FN3O2S. The van der Waals surface area contributed by atoms with E-state index in [0.29, 0.717) is 29.0 Å². The van der Waals surface area contributed by atoms with Crippen LogP contribution in [0.15, 0.2) is 28.2 Å². The van der Waals surface area contributed by atoms with Crippen LogP contribution in [0.25, 0.3) is 11.3 Å².